The van der Waals surface area contributed by atoms with Crippen molar-refractivity contribution in [2.24, 2.45) is 138 Å². The van der Waals surface area contributed by atoms with Gasteiger partial charge in [-0.3, -0.25) is 9.69 Å². The minimum atomic E-state index is -1.24. The van der Waals surface area contributed by atoms with E-state index in [0.717, 1.165) is 62.2 Å². The van der Waals surface area contributed by atoms with Gasteiger partial charge in [0.2, 0.25) is 0 Å². The number of aliphatic hydroxyl groups excluding tert-OH is 1. The molecule has 10 fully saturated rings. The number of allylic oxidation sites excluding steroid dienone is 12. The molecule has 23 aliphatic rings. The molecule has 7 saturated carbocycles. The largest absolute Gasteiger partial charge is 0.509 e. The number of nitrogens with two attached hydrogens (primary N) is 1. The maximum Gasteiger partial charge on any atom is 0.339 e. The smallest absolute Gasteiger partial charge is 0.339 e. The molecule has 15 aliphatic carbocycles. The average molecular weight is 1270 g/mol. The summed E-state index contributed by atoms with van der Waals surface area (Å²) in [6, 6.07) is 7.49. The Hall–Kier alpha value is -4.66. The summed E-state index contributed by atoms with van der Waals surface area (Å²) in [6.07, 6.45) is 65.1. The highest BCUT2D eigenvalue weighted by Crippen LogP contribution is 2.90. The summed E-state index contributed by atoms with van der Waals surface area (Å²) >= 11 is 0. The van der Waals surface area contributed by atoms with Crippen molar-refractivity contribution in [3.8, 4) is 0 Å². The first-order valence-electron chi connectivity index (χ1n) is 40.2. The zero-order valence-electron chi connectivity index (χ0n) is 56.9. The summed E-state index contributed by atoms with van der Waals surface area (Å²) in [4.78, 5) is 40.2. The predicted molar refractivity (Wildman–Crippen MR) is 367 cm³/mol. The lowest BCUT2D eigenvalue weighted by molar-refractivity contribution is -0.283. The van der Waals surface area contributed by atoms with Crippen LogP contribution < -0.4 is 5.73 Å². The number of hydrogen-bond donors (Lipinski definition) is 2. The first-order chi connectivity index (χ1) is 46.4. The summed E-state index contributed by atoms with van der Waals surface area (Å²) in [5, 5.41) is 14.9. The molecule has 1 aromatic carbocycles. The van der Waals surface area contributed by atoms with Crippen LogP contribution in [0.1, 0.15) is 215 Å². The van der Waals surface area contributed by atoms with Crippen molar-refractivity contribution >= 4 is 11.9 Å². The van der Waals surface area contributed by atoms with Gasteiger partial charge in [0, 0.05) is 71.9 Å². The Morgan fingerprint density at radius 2 is 1.68 bits per heavy atom. The first-order valence-corrected chi connectivity index (χ1v) is 40.2. The Kier molecular flexibility index (Phi) is 11.5. The quantitative estimate of drug-likeness (QED) is 0.227. The highest BCUT2D eigenvalue weighted by Gasteiger charge is 2.94. The van der Waals surface area contributed by atoms with E-state index < -0.39 is 22.3 Å². The summed E-state index contributed by atoms with van der Waals surface area (Å²) in [5.41, 5.74) is 14.6. The summed E-state index contributed by atoms with van der Waals surface area (Å²) in [7, 11) is 0. The van der Waals surface area contributed by atoms with Crippen molar-refractivity contribution < 1.29 is 24.2 Å². The molecule has 8 aliphatic heterocycles. The fourth-order valence-corrected chi connectivity index (χ4v) is 33.4. The molecular formula is C87H105N3O5. The molecule has 8 heterocycles. The van der Waals surface area contributed by atoms with Crippen LogP contribution in [0.4, 0.5) is 0 Å². The van der Waals surface area contributed by atoms with E-state index in [1.54, 1.807) is 16.8 Å². The first kappa shape index (κ1) is 57.1. The number of nitrogens with zero attached hydrogens (tertiary/aromatic N) is 2. The summed E-state index contributed by atoms with van der Waals surface area (Å²) < 4.78 is 15.7. The van der Waals surface area contributed by atoms with Gasteiger partial charge >= 0.3 is 11.9 Å². The van der Waals surface area contributed by atoms with E-state index in [0.29, 0.717) is 130 Å². The maximum absolute atomic E-state index is 17.8. The number of fused-ring (bicyclic) bond motifs is 11. The molecule has 1 aromatic rings. The molecule has 27 atom stereocenters. The number of ether oxygens (including phenoxy) is 2. The Bertz CT molecular complexity index is 3920. The lowest BCUT2D eigenvalue weighted by Gasteiger charge is -2.74. The number of aliphatic hydroxyl groups is 1. The van der Waals surface area contributed by atoms with E-state index in [-0.39, 0.29) is 52.5 Å². The van der Waals surface area contributed by atoms with Crippen molar-refractivity contribution in [2.75, 3.05) is 19.6 Å². The van der Waals surface area contributed by atoms with Crippen molar-refractivity contribution in [1.29, 1.82) is 0 Å². The second-order valence-corrected chi connectivity index (χ2v) is 38.1. The molecule has 0 aromatic heterocycles. The molecule has 0 radical (unpaired) electrons. The van der Waals surface area contributed by atoms with Crippen LogP contribution in [-0.4, -0.2) is 64.6 Å². The van der Waals surface area contributed by atoms with Crippen molar-refractivity contribution in [3.05, 3.63) is 141 Å². The van der Waals surface area contributed by atoms with Crippen LogP contribution in [0.5, 0.6) is 0 Å². The van der Waals surface area contributed by atoms with Crippen molar-refractivity contribution in [2.45, 2.75) is 223 Å². The second-order valence-electron chi connectivity index (χ2n) is 38.1. The summed E-state index contributed by atoms with van der Waals surface area (Å²) in [5.74, 6) is 6.70. The number of rotatable bonds is 4. The Labute approximate surface area is 565 Å². The molecule has 8 nitrogen and oxygen atoms in total. The van der Waals surface area contributed by atoms with Gasteiger partial charge in [0.15, 0.2) is 11.4 Å². The number of carbonyl (C=O) groups is 2. The third kappa shape index (κ3) is 6.48. The molecule has 24 rings (SSSR count). The van der Waals surface area contributed by atoms with Crippen molar-refractivity contribution in [1.82, 2.24) is 9.80 Å². The second kappa shape index (κ2) is 19.0. The highest BCUT2D eigenvalue weighted by molar-refractivity contribution is 6.00. The zero-order valence-corrected chi connectivity index (χ0v) is 56.9. The van der Waals surface area contributed by atoms with E-state index in [1.807, 2.05) is 0 Å². The Balaban J connectivity index is 0.808. The monoisotopic (exact) mass is 1270 g/mol. The van der Waals surface area contributed by atoms with Crippen LogP contribution in [0.3, 0.4) is 0 Å². The number of benzene rings is 1. The lowest BCUT2D eigenvalue weighted by Crippen LogP contribution is -2.78. The maximum atomic E-state index is 17.8. The van der Waals surface area contributed by atoms with Gasteiger partial charge in [0.25, 0.3) is 0 Å². The number of aryl methyl sites for hydroxylation is 1. The molecule has 27 unspecified atom stereocenters. The minimum Gasteiger partial charge on any atom is -0.509 e. The SMILES string of the molecule is CC1CC=CC2=CC3C4=C5CCC67C(=C(O)CC(C89C=CC%10CCCC%10%11CCCC%11(C8)C8(CCCC8)C9)N8CC9CC(C8)C8CC%10C=CC9N8C8=C%10CC9CC=CC3C9C58)OC(=O)C46C(CC2C2CCCC3(CCC4C(C=CC43)C1)C2)C71OC(=O)c2c(CCCN)cccc21. The summed E-state index contributed by atoms with van der Waals surface area (Å²) in [6.45, 7) is 5.17. The van der Waals surface area contributed by atoms with Gasteiger partial charge in [-0.1, -0.05) is 130 Å². The zero-order chi connectivity index (χ0) is 62.7. The minimum absolute atomic E-state index is 0.0335. The van der Waals surface area contributed by atoms with Crippen LogP contribution in [-0.2, 0) is 26.3 Å². The van der Waals surface area contributed by atoms with Crippen molar-refractivity contribution in [3.63, 3.8) is 0 Å². The van der Waals surface area contributed by atoms with Gasteiger partial charge in [0.05, 0.1) is 17.0 Å². The van der Waals surface area contributed by atoms with Gasteiger partial charge in [-0.25, -0.2) is 4.79 Å². The number of hydrogen-bond acceptors (Lipinski definition) is 8. The van der Waals surface area contributed by atoms with Gasteiger partial charge in [-0.15, -0.1) is 0 Å². The lowest BCUT2D eigenvalue weighted by atomic mass is 9.26. The van der Waals surface area contributed by atoms with Crippen LogP contribution in [0.15, 0.2) is 125 Å². The van der Waals surface area contributed by atoms with Gasteiger partial charge in [-0.05, 0) is 276 Å². The van der Waals surface area contributed by atoms with E-state index in [9.17, 15) is 5.11 Å². The number of piperidine rings is 2. The van der Waals surface area contributed by atoms with E-state index in [4.69, 9.17) is 15.2 Å². The molecule has 498 valence electrons. The van der Waals surface area contributed by atoms with Gasteiger partial charge in [0.1, 0.15) is 11.2 Å². The molecular weight excluding hydrogens is 1170 g/mol. The molecule has 7 spiro atoms. The molecule has 8 heteroatoms. The van der Waals surface area contributed by atoms with Gasteiger partial charge in [-0.2, -0.15) is 0 Å². The predicted octanol–water partition coefficient (Wildman–Crippen LogP) is 17.2. The normalized spacial score (nSPS) is 52.8. The van der Waals surface area contributed by atoms with Crippen LogP contribution in [0.2, 0.25) is 0 Å². The van der Waals surface area contributed by atoms with Gasteiger partial charge < -0.3 is 25.2 Å². The van der Waals surface area contributed by atoms with Crippen LogP contribution in [0, 0.1) is 133 Å². The fraction of sp³-hybridized carbons (Fsp3) is 0.701. The fourth-order valence-electron chi connectivity index (χ4n) is 33.4. The number of esters is 2. The molecule has 17 bridgehead atoms. The molecule has 3 N–H and O–H groups in total. The van der Waals surface area contributed by atoms with Crippen LogP contribution >= 0.6 is 0 Å². The van der Waals surface area contributed by atoms with E-state index in [1.165, 1.54) is 152 Å². The third-order valence-electron chi connectivity index (χ3n) is 35.7. The molecule has 0 amide bonds. The third-order valence-corrected chi connectivity index (χ3v) is 35.7. The molecule has 3 saturated heterocycles. The van der Waals surface area contributed by atoms with E-state index in [2.05, 4.69) is 102 Å². The van der Waals surface area contributed by atoms with Crippen LogP contribution in [0.25, 0.3) is 0 Å². The molecule has 95 heavy (non-hydrogen) atoms. The highest BCUT2D eigenvalue weighted by atomic mass is 16.6. The average Bonchev–Trinajstić information content (AvgIpc) is 1.52. The Morgan fingerprint density at radius 3 is 2.60 bits per heavy atom. The Morgan fingerprint density at radius 1 is 0.789 bits per heavy atom. The standard InChI is InChI=1S/C87H105N3O5/c1-49-11-4-13-51-39-64-60-18-5-14-54-40-63-53-21-23-67-56-38-57-46-89(45-56)71(81-33-24-58-17-8-30-83(58)31-10-32-84(83,48-81)82(47-81)28-2-3-29-82)43-69(91)77-85-35-26-61(74(72(54)60)76(63)90(67)68(57)41-53)75(64)86(85,79(93)94-77)70(87(85)66-19-6-12-50(16-9-36-88)73(66)78(92)95-87)42-62(51)55-15-7-27-80(44-55)34-25-59-52(37-49)20-22-65(59)80/h4-6,12-13,18-24,33,39,49,52-60,62,64-65,67-68,70-72,74,91H,2-3,7-11,14-17,25-32,34-38,40-48,88H2,1H3. The van der Waals surface area contributed by atoms with E-state index >= 15 is 9.59 Å². The topological polar surface area (TPSA) is 105 Å². The number of carbonyl (C=O) groups excluding carboxylic acids is 2.